The molecule has 0 radical (unpaired) electrons. The van der Waals surface area contributed by atoms with Crippen LogP contribution in [0.3, 0.4) is 0 Å². The molecule has 158 valence electrons. The second-order valence-corrected chi connectivity index (χ2v) is 7.49. The molecule has 10 heteroatoms. The number of carbonyl (C=O) groups excluding carboxylic acids is 3. The van der Waals surface area contributed by atoms with E-state index in [1.54, 1.807) is 6.92 Å². The lowest BCUT2D eigenvalue weighted by atomic mass is 9.80. The van der Waals surface area contributed by atoms with Gasteiger partial charge < -0.3 is 15.0 Å². The normalized spacial score (nSPS) is 26.0. The van der Waals surface area contributed by atoms with Gasteiger partial charge in [0.1, 0.15) is 11.3 Å². The molecule has 7 nitrogen and oxygen atoms in total. The lowest BCUT2D eigenvalue weighted by Crippen LogP contribution is -2.57. The fraction of sp³-hybridized carbons (Fsp3) is 0.526. The first-order valence-electron chi connectivity index (χ1n) is 9.27. The standard InChI is InChI=1S/C19H22F3N3O4/c1-11(29-14-8-4-3-7-13(14)19(20,21)22)15(26)25-9-5-6-12(10-25)18(2)16(27)23-17(28)24-18/h3-4,7-8,11-12H,5-6,9-10H2,1-2H3,(H2,23,24,27,28)/t11-,12-,18-/m0/s1. The van der Waals surface area contributed by atoms with E-state index in [2.05, 4.69) is 10.6 Å². The predicted molar refractivity (Wildman–Crippen MR) is 95.9 cm³/mol. The van der Waals surface area contributed by atoms with Gasteiger partial charge in [0.05, 0.1) is 5.56 Å². The number of hydrogen-bond donors (Lipinski definition) is 2. The molecule has 2 saturated heterocycles. The Kier molecular flexibility index (Phi) is 5.46. The minimum atomic E-state index is -4.60. The lowest BCUT2D eigenvalue weighted by molar-refractivity contribution is -0.145. The molecule has 1 aromatic carbocycles. The lowest BCUT2D eigenvalue weighted by Gasteiger charge is -2.40. The van der Waals surface area contributed by atoms with Gasteiger partial charge in [0.15, 0.2) is 6.10 Å². The second-order valence-electron chi connectivity index (χ2n) is 7.49. The number of halogens is 3. The zero-order chi connectivity index (χ0) is 21.4. The maximum atomic E-state index is 13.1. The summed E-state index contributed by atoms with van der Waals surface area (Å²) in [6.45, 7) is 3.59. The van der Waals surface area contributed by atoms with E-state index >= 15 is 0 Å². The number of likely N-dealkylation sites (tertiary alicyclic amines) is 1. The summed E-state index contributed by atoms with van der Waals surface area (Å²) in [5.41, 5.74) is -2.09. The summed E-state index contributed by atoms with van der Waals surface area (Å²) < 4.78 is 44.8. The van der Waals surface area contributed by atoms with Gasteiger partial charge in [0.2, 0.25) is 0 Å². The van der Waals surface area contributed by atoms with Gasteiger partial charge in [-0.15, -0.1) is 0 Å². The Bertz CT molecular complexity index is 829. The zero-order valence-corrected chi connectivity index (χ0v) is 16.0. The number of alkyl halides is 3. The zero-order valence-electron chi connectivity index (χ0n) is 16.0. The van der Waals surface area contributed by atoms with Crippen LogP contribution in [0.4, 0.5) is 18.0 Å². The summed E-state index contributed by atoms with van der Waals surface area (Å²) in [5, 5.41) is 4.81. The van der Waals surface area contributed by atoms with Crippen LogP contribution in [-0.2, 0) is 15.8 Å². The van der Waals surface area contributed by atoms with E-state index in [-0.39, 0.29) is 12.5 Å². The number of nitrogens with zero attached hydrogens (tertiary/aromatic N) is 1. The van der Waals surface area contributed by atoms with E-state index in [1.807, 2.05) is 0 Å². The molecule has 0 unspecified atom stereocenters. The molecule has 2 N–H and O–H groups in total. The largest absolute Gasteiger partial charge is 0.480 e. The fourth-order valence-electron chi connectivity index (χ4n) is 3.79. The summed E-state index contributed by atoms with van der Waals surface area (Å²) in [5.74, 6) is -1.66. The number of imide groups is 1. The molecular formula is C19H22F3N3O4. The third-order valence-corrected chi connectivity index (χ3v) is 5.47. The Hall–Kier alpha value is -2.78. The Balaban J connectivity index is 1.71. The number of carbonyl (C=O) groups is 3. The van der Waals surface area contributed by atoms with Crippen molar-refractivity contribution in [1.82, 2.24) is 15.5 Å². The van der Waals surface area contributed by atoms with E-state index in [0.717, 1.165) is 6.07 Å². The van der Waals surface area contributed by atoms with Gasteiger partial charge in [-0.25, -0.2) is 4.79 Å². The highest BCUT2D eigenvalue weighted by atomic mass is 19.4. The summed E-state index contributed by atoms with van der Waals surface area (Å²) in [4.78, 5) is 38.0. The minimum absolute atomic E-state index is 0.192. The number of urea groups is 1. The number of piperidine rings is 1. The van der Waals surface area contributed by atoms with Gasteiger partial charge in [-0.05, 0) is 38.8 Å². The van der Waals surface area contributed by atoms with Gasteiger partial charge in [-0.2, -0.15) is 13.2 Å². The first kappa shape index (κ1) is 20.9. The van der Waals surface area contributed by atoms with Crippen molar-refractivity contribution in [2.45, 2.75) is 44.5 Å². The van der Waals surface area contributed by atoms with E-state index < -0.39 is 47.0 Å². The highest BCUT2D eigenvalue weighted by Gasteiger charge is 2.49. The molecule has 1 aromatic rings. The third-order valence-electron chi connectivity index (χ3n) is 5.47. The first-order valence-corrected chi connectivity index (χ1v) is 9.27. The first-order chi connectivity index (χ1) is 13.5. The van der Waals surface area contributed by atoms with Crippen LogP contribution in [0.25, 0.3) is 0 Å². The van der Waals surface area contributed by atoms with Crippen LogP contribution >= 0.6 is 0 Å². The number of benzene rings is 1. The van der Waals surface area contributed by atoms with Gasteiger partial charge in [0.25, 0.3) is 11.8 Å². The van der Waals surface area contributed by atoms with E-state index in [0.29, 0.717) is 19.4 Å². The highest BCUT2D eigenvalue weighted by Crippen LogP contribution is 2.36. The molecule has 0 spiro atoms. The Labute approximate surface area is 165 Å². The van der Waals surface area contributed by atoms with E-state index in [9.17, 15) is 27.6 Å². The van der Waals surface area contributed by atoms with Crippen LogP contribution in [0.15, 0.2) is 24.3 Å². The molecule has 2 heterocycles. The molecule has 0 bridgehead atoms. The van der Waals surface area contributed by atoms with Crippen LogP contribution in [0.5, 0.6) is 5.75 Å². The van der Waals surface area contributed by atoms with Crippen LogP contribution in [-0.4, -0.2) is 47.5 Å². The Morgan fingerprint density at radius 2 is 2.00 bits per heavy atom. The number of amides is 4. The average molecular weight is 413 g/mol. The van der Waals surface area contributed by atoms with Crippen LogP contribution in [0.1, 0.15) is 32.3 Å². The van der Waals surface area contributed by atoms with Crippen molar-refractivity contribution < 1.29 is 32.3 Å². The Morgan fingerprint density at radius 1 is 1.31 bits per heavy atom. The molecule has 0 saturated carbocycles. The molecule has 2 fully saturated rings. The minimum Gasteiger partial charge on any atom is -0.480 e. The summed E-state index contributed by atoms with van der Waals surface area (Å²) in [6, 6.07) is 4.14. The molecular weight excluding hydrogens is 391 g/mol. The number of rotatable bonds is 4. The van der Waals surface area contributed by atoms with Crippen LogP contribution < -0.4 is 15.4 Å². The average Bonchev–Trinajstić information content (AvgIpc) is 2.93. The molecule has 3 rings (SSSR count). The molecule has 3 atom stereocenters. The summed E-state index contributed by atoms with van der Waals surface area (Å²) in [7, 11) is 0. The number of hydrogen-bond acceptors (Lipinski definition) is 4. The molecule has 29 heavy (non-hydrogen) atoms. The van der Waals surface area contributed by atoms with Crippen molar-refractivity contribution in [2.75, 3.05) is 13.1 Å². The van der Waals surface area contributed by atoms with Crippen molar-refractivity contribution in [3.63, 3.8) is 0 Å². The molecule has 2 aliphatic heterocycles. The highest BCUT2D eigenvalue weighted by molar-refractivity contribution is 6.07. The van der Waals surface area contributed by atoms with Gasteiger partial charge in [-0.1, -0.05) is 12.1 Å². The SMILES string of the molecule is C[C@H](Oc1ccccc1C(F)(F)F)C(=O)N1CCC[C@H]([C@]2(C)NC(=O)NC2=O)C1. The van der Waals surface area contributed by atoms with Crippen LogP contribution in [0.2, 0.25) is 0 Å². The maximum Gasteiger partial charge on any atom is 0.419 e. The number of para-hydroxylation sites is 1. The molecule has 0 aromatic heterocycles. The van der Waals surface area contributed by atoms with E-state index in [4.69, 9.17) is 4.74 Å². The van der Waals surface area contributed by atoms with E-state index in [1.165, 1.54) is 30.0 Å². The second kappa shape index (κ2) is 7.57. The summed E-state index contributed by atoms with van der Waals surface area (Å²) in [6.07, 6.45) is -4.52. The number of nitrogens with one attached hydrogen (secondary N) is 2. The Morgan fingerprint density at radius 3 is 2.62 bits per heavy atom. The molecule has 2 aliphatic rings. The van der Waals surface area contributed by atoms with Gasteiger partial charge in [-0.3, -0.25) is 14.9 Å². The van der Waals surface area contributed by atoms with Crippen molar-refractivity contribution in [2.24, 2.45) is 5.92 Å². The molecule has 0 aliphatic carbocycles. The van der Waals surface area contributed by atoms with Crippen molar-refractivity contribution in [1.29, 1.82) is 0 Å². The predicted octanol–water partition coefficient (Wildman–Crippen LogP) is 2.31. The van der Waals surface area contributed by atoms with Gasteiger partial charge >= 0.3 is 12.2 Å². The fourth-order valence-corrected chi connectivity index (χ4v) is 3.79. The molecule has 4 amide bonds. The van der Waals surface area contributed by atoms with Crippen LogP contribution in [0, 0.1) is 5.92 Å². The summed E-state index contributed by atoms with van der Waals surface area (Å²) >= 11 is 0. The third kappa shape index (κ3) is 4.15. The van der Waals surface area contributed by atoms with Crippen molar-refractivity contribution in [3.8, 4) is 5.75 Å². The maximum absolute atomic E-state index is 13.1. The van der Waals surface area contributed by atoms with Crippen molar-refractivity contribution >= 4 is 17.8 Å². The van der Waals surface area contributed by atoms with Crippen molar-refractivity contribution in [3.05, 3.63) is 29.8 Å². The monoisotopic (exact) mass is 413 g/mol. The quantitative estimate of drug-likeness (QED) is 0.742. The van der Waals surface area contributed by atoms with Gasteiger partial charge in [0, 0.05) is 19.0 Å². The smallest absolute Gasteiger partial charge is 0.419 e. The number of ether oxygens (including phenoxy) is 1. The topological polar surface area (TPSA) is 87.7 Å².